The van der Waals surface area contributed by atoms with E-state index in [1.54, 1.807) is 0 Å². The van der Waals surface area contributed by atoms with Crippen LogP contribution in [0.15, 0.2) is 146 Å². The van der Waals surface area contributed by atoms with E-state index in [1.165, 1.54) is 72.8 Å². The molecule has 53 heavy (non-hydrogen) atoms. The Kier molecular flexibility index (Phi) is 11.1. The molecule has 0 saturated heterocycles. The summed E-state index contributed by atoms with van der Waals surface area (Å²) in [6.45, 7) is 0. The highest BCUT2D eigenvalue weighted by Gasteiger charge is 2.50. The lowest BCUT2D eigenvalue weighted by Crippen LogP contribution is -2.29. The molecule has 0 heterocycles. The van der Waals surface area contributed by atoms with Crippen LogP contribution in [0.5, 0.6) is 0 Å². The summed E-state index contributed by atoms with van der Waals surface area (Å²) in [5.74, 6) is -10.1. The van der Waals surface area contributed by atoms with Gasteiger partial charge >= 0.3 is 0 Å². The first-order valence-corrected chi connectivity index (χ1v) is 24.0. The fraction of sp³-hybridized carbons (Fsp3) is 0.0769. The Labute approximate surface area is 302 Å². The topological polar surface area (TPSA) is 68.3 Å². The molecule has 0 fully saturated rings. The van der Waals surface area contributed by atoms with Crippen molar-refractivity contribution in [1.82, 2.24) is 0 Å². The summed E-state index contributed by atoms with van der Waals surface area (Å²) in [5, 5.41) is -3.48. The third-order valence-electron chi connectivity index (χ3n) is 8.82. The van der Waals surface area contributed by atoms with E-state index in [0.717, 1.165) is 72.8 Å². The Hall–Kier alpha value is -4.18. The average molecular weight is 801 g/mol. The lowest BCUT2D eigenvalue weighted by atomic mass is 10.3. The van der Waals surface area contributed by atoms with Gasteiger partial charge in [-0.05, 0) is 72.8 Å². The molecule has 0 bridgehead atoms. The van der Waals surface area contributed by atoms with Crippen molar-refractivity contribution in [3.05, 3.63) is 180 Å². The molecule has 0 atom stereocenters. The van der Waals surface area contributed by atoms with Crippen molar-refractivity contribution in [1.29, 1.82) is 0 Å². The molecule has 6 aromatic carbocycles. The zero-order chi connectivity index (χ0) is 38.0. The van der Waals surface area contributed by atoms with E-state index < -0.39 is 113 Å². The van der Waals surface area contributed by atoms with Crippen LogP contribution in [0.1, 0.15) is 0 Å². The molecule has 0 radical (unpaired) electrons. The predicted octanol–water partition coefficient (Wildman–Crippen LogP) is 9.10. The minimum absolute atomic E-state index is 0.580. The second-order valence-electron chi connectivity index (χ2n) is 12.4. The molecule has 0 saturated carbocycles. The Morgan fingerprint density at radius 3 is 0.585 bits per heavy atom. The van der Waals surface area contributed by atoms with Gasteiger partial charge in [-0.3, -0.25) is 0 Å². The summed E-state index contributed by atoms with van der Waals surface area (Å²) in [5.41, 5.74) is 0. The van der Waals surface area contributed by atoms with Crippen LogP contribution in [0.3, 0.4) is 0 Å². The second kappa shape index (κ2) is 15.3. The second-order valence-corrected chi connectivity index (χ2v) is 25.2. The molecule has 4 nitrogen and oxygen atoms in total. The van der Waals surface area contributed by atoms with Gasteiger partial charge in [0.1, 0.15) is 42.0 Å². The van der Waals surface area contributed by atoms with Gasteiger partial charge in [-0.15, -0.1) is 0 Å². The number of benzene rings is 6. The van der Waals surface area contributed by atoms with E-state index in [2.05, 4.69) is 0 Å². The zero-order valence-electron chi connectivity index (χ0n) is 27.7. The molecule has 0 unspecified atom stereocenters. The maximum absolute atomic E-state index is 16.1. The molecule has 272 valence electrons. The van der Waals surface area contributed by atoms with Gasteiger partial charge in [0.05, 0.1) is 49.5 Å². The fourth-order valence-electron chi connectivity index (χ4n) is 6.54. The van der Waals surface area contributed by atoms with Crippen LogP contribution in [-0.2, 0) is 18.3 Å². The lowest BCUT2D eigenvalue weighted by molar-refractivity contribution is 0.570. The van der Waals surface area contributed by atoms with Crippen molar-refractivity contribution in [2.45, 2.75) is 0 Å². The van der Waals surface area contributed by atoms with Gasteiger partial charge in [0.15, 0.2) is 21.4 Å². The first-order chi connectivity index (χ1) is 25.2. The molecular weight excluding hydrogens is 770 g/mol. The van der Waals surface area contributed by atoms with E-state index in [0.29, 0.717) is 0 Å². The quantitative estimate of drug-likeness (QED) is 0.0916. The zero-order valence-corrected chi connectivity index (χ0v) is 31.2. The molecule has 6 rings (SSSR count). The molecule has 0 amide bonds. The van der Waals surface area contributed by atoms with Crippen LogP contribution < -0.4 is 31.8 Å². The van der Waals surface area contributed by atoms with E-state index in [9.17, 15) is 0 Å². The fourth-order valence-corrected chi connectivity index (χ4v) is 27.7. The highest BCUT2D eigenvalue weighted by Crippen LogP contribution is 2.72. The molecule has 0 aromatic heterocycles. The van der Waals surface area contributed by atoms with E-state index in [4.69, 9.17) is 0 Å². The van der Waals surface area contributed by atoms with Gasteiger partial charge in [0.2, 0.25) is 0 Å². The summed E-state index contributed by atoms with van der Waals surface area (Å²) in [7, 11) is -19.5. The normalized spacial score (nSPS) is 12.5. The third kappa shape index (κ3) is 7.48. The summed E-state index contributed by atoms with van der Waals surface area (Å²) in [4.78, 5) is 0. The molecule has 0 aliphatic carbocycles. The first-order valence-electron chi connectivity index (χ1n) is 16.1. The van der Waals surface area contributed by atoms with Gasteiger partial charge in [-0.2, -0.15) is 0 Å². The van der Waals surface area contributed by atoms with Crippen molar-refractivity contribution in [2.24, 2.45) is 0 Å². The van der Waals surface area contributed by atoms with Crippen LogP contribution in [0, 0.1) is 34.9 Å². The SMILES string of the molecule is O=P(CP(=O)(c1ccccc1F)c1ccccc1F)(CP(=O)(c1ccccc1F)c1ccccc1F)CP(=O)(c1ccccc1F)c1ccccc1F. The number of rotatable bonds is 12. The smallest absolute Gasteiger partial charge is 0.156 e. The monoisotopic (exact) mass is 800 g/mol. The molecule has 0 aliphatic rings. The van der Waals surface area contributed by atoms with Crippen LogP contribution in [0.25, 0.3) is 0 Å². The molecule has 0 aliphatic heterocycles. The van der Waals surface area contributed by atoms with Crippen molar-refractivity contribution in [2.75, 3.05) is 17.7 Å². The van der Waals surface area contributed by atoms with Gasteiger partial charge < -0.3 is 18.3 Å². The maximum Gasteiger partial charge on any atom is 0.156 e. The minimum Gasteiger partial charge on any atom is -0.322 e. The molecular formula is C39H30F6O4P4. The van der Waals surface area contributed by atoms with Crippen molar-refractivity contribution >= 4 is 60.4 Å². The van der Waals surface area contributed by atoms with Gasteiger partial charge in [0, 0.05) is 0 Å². The highest BCUT2D eigenvalue weighted by atomic mass is 31.3. The van der Waals surface area contributed by atoms with Crippen molar-refractivity contribution in [3.63, 3.8) is 0 Å². The van der Waals surface area contributed by atoms with Crippen LogP contribution in [-0.4, -0.2) is 17.7 Å². The summed E-state index contributed by atoms with van der Waals surface area (Å²) in [6.07, 6.45) is 0. The Morgan fingerprint density at radius 2 is 0.434 bits per heavy atom. The Bertz CT molecular complexity index is 2100. The van der Waals surface area contributed by atoms with E-state index in [-0.39, 0.29) is 0 Å². The van der Waals surface area contributed by atoms with Crippen molar-refractivity contribution in [3.8, 4) is 0 Å². The minimum atomic E-state index is -4.99. The first kappa shape index (κ1) is 38.5. The summed E-state index contributed by atoms with van der Waals surface area (Å²) < 4.78 is 157. The number of hydrogen-bond donors (Lipinski definition) is 0. The largest absolute Gasteiger partial charge is 0.322 e. The summed E-state index contributed by atoms with van der Waals surface area (Å²) >= 11 is 0. The maximum atomic E-state index is 16.1. The molecule has 0 N–H and O–H groups in total. The van der Waals surface area contributed by atoms with E-state index in [1.807, 2.05) is 0 Å². The van der Waals surface area contributed by atoms with Crippen LogP contribution in [0.4, 0.5) is 26.3 Å². The average Bonchev–Trinajstić information content (AvgIpc) is 3.12. The number of halogens is 6. The van der Waals surface area contributed by atoms with Gasteiger partial charge in [0.25, 0.3) is 0 Å². The number of hydrogen-bond acceptors (Lipinski definition) is 4. The molecule has 0 spiro atoms. The Balaban J connectivity index is 1.69. The van der Waals surface area contributed by atoms with Crippen LogP contribution in [0.2, 0.25) is 0 Å². The highest BCUT2D eigenvalue weighted by molar-refractivity contribution is 8.00. The lowest BCUT2D eigenvalue weighted by Gasteiger charge is -2.32. The van der Waals surface area contributed by atoms with Crippen LogP contribution >= 0.6 is 28.6 Å². The van der Waals surface area contributed by atoms with Crippen molar-refractivity contribution < 1.29 is 44.6 Å². The standard InChI is InChI=1S/C39H30F6O4P4/c40-28-13-1-7-19-34(28)51(47,35-20-8-2-14-29(35)41)25-50(46,26-52(48,36-21-9-3-15-30(36)42)37-22-10-4-16-31(37)43)27-53(49,38-23-11-5-17-32(38)44)39-24-12-6-18-33(39)45/h1-24H,25-27H2. The predicted molar refractivity (Wildman–Crippen MR) is 201 cm³/mol. The van der Waals surface area contributed by atoms with Gasteiger partial charge in [-0.25, -0.2) is 26.3 Å². The third-order valence-corrected chi connectivity index (χ3v) is 26.6. The Morgan fingerprint density at radius 1 is 0.283 bits per heavy atom. The molecule has 14 heteroatoms. The van der Waals surface area contributed by atoms with Gasteiger partial charge in [-0.1, -0.05) is 72.8 Å². The summed E-state index contributed by atoms with van der Waals surface area (Å²) in [6, 6.07) is 27.7. The van der Waals surface area contributed by atoms with E-state index >= 15 is 44.6 Å². The molecule has 6 aromatic rings.